The maximum absolute atomic E-state index is 10.9. The number of carbonyl (C=O) groups is 1. The summed E-state index contributed by atoms with van der Waals surface area (Å²) in [6.45, 7) is -0.756. The molecule has 0 aliphatic heterocycles. The zero-order chi connectivity index (χ0) is 11.4. The fourth-order valence-corrected chi connectivity index (χ4v) is 1.87. The molecule has 0 heterocycles. The average Bonchev–Trinajstić information content (AvgIpc) is 1.78. The zero-order valence-corrected chi connectivity index (χ0v) is 8.54. The van der Waals surface area contributed by atoms with E-state index in [0.717, 1.165) is 0 Å². The summed E-state index contributed by atoms with van der Waals surface area (Å²) in [4.78, 5) is 10.2. The van der Waals surface area contributed by atoms with Gasteiger partial charge in [-0.1, -0.05) is 0 Å². The topological polar surface area (TPSA) is 141 Å². The summed E-state index contributed by atoms with van der Waals surface area (Å²) in [5.74, 6) is -2.64. The van der Waals surface area contributed by atoms with E-state index in [9.17, 15) is 21.6 Å². The SMILES string of the molecule is NC(=O)CS(=O)(=O)CCOS(=O)(=O)O. The molecule has 8 nitrogen and oxygen atoms in total. The van der Waals surface area contributed by atoms with E-state index in [4.69, 9.17) is 4.55 Å². The smallest absolute Gasteiger partial charge is 0.369 e. The molecular weight excluding hydrogens is 238 g/mol. The predicted molar refractivity (Wildman–Crippen MR) is 45.3 cm³/mol. The first kappa shape index (κ1) is 13.3. The fraction of sp³-hybridized carbons (Fsp3) is 0.750. The molecular formula is C4H9NO7S2. The van der Waals surface area contributed by atoms with Gasteiger partial charge in [0.1, 0.15) is 5.75 Å². The molecule has 14 heavy (non-hydrogen) atoms. The molecule has 0 aromatic carbocycles. The number of rotatable bonds is 6. The van der Waals surface area contributed by atoms with E-state index < -0.39 is 44.3 Å². The van der Waals surface area contributed by atoms with Crippen molar-refractivity contribution in [3.63, 3.8) is 0 Å². The summed E-state index contributed by atoms with van der Waals surface area (Å²) in [5.41, 5.74) is 4.61. The monoisotopic (exact) mass is 247 g/mol. The molecule has 0 bridgehead atoms. The average molecular weight is 247 g/mol. The van der Waals surface area contributed by atoms with Crippen LogP contribution in [0, 0.1) is 0 Å². The van der Waals surface area contributed by atoms with Crippen LogP contribution in [-0.2, 0) is 29.2 Å². The molecule has 0 aliphatic carbocycles. The van der Waals surface area contributed by atoms with E-state index >= 15 is 0 Å². The van der Waals surface area contributed by atoms with Crippen LogP contribution in [0.5, 0.6) is 0 Å². The lowest BCUT2D eigenvalue weighted by Gasteiger charge is -2.00. The molecule has 84 valence electrons. The highest BCUT2D eigenvalue weighted by Crippen LogP contribution is 1.92. The van der Waals surface area contributed by atoms with Crippen molar-refractivity contribution in [1.29, 1.82) is 0 Å². The fourth-order valence-electron chi connectivity index (χ4n) is 0.555. The summed E-state index contributed by atoms with van der Waals surface area (Å²) in [6, 6.07) is 0. The van der Waals surface area contributed by atoms with Crippen LogP contribution in [0.3, 0.4) is 0 Å². The standard InChI is InChI=1S/C4H9NO7S2/c5-4(6)3-13(7,8)2-1-12-14(9,10)11/h1-3H2,(H2,5,6)(H,9,10,11). The molecule has 0 radical (unpaired) electrons. The first-order chi connectivity index (χ1) is 6.12. The Morgan fingerprint density at radius 1 is 1.29 bits per heavy atom. The molecule has 0 fully saturated rings. The summed E-state index contributed by atoms with van der Waals surface area (Å²) in [5, 5.41) is 0. The second-order valence-electron chi connectivity index (χ2n) is 2.31. The van der Waals surface area contributed by atoms with Crippen LogP contribution in [0.1, 0.15) is 0 Å². The van der Waals surface area contributed by atoms with Crippen molar-refractivity contribution in [3.05, 3.63) is 0 Å². The van der Waals surface area contributed by atoms with Gasteiger partial charge in [0, 0.05) is 0 Å². The quantitative estimate of drug-likeness (QED) is 0.503. The molecule has 3 N–H and O–H groups in total. The van der Waals surface area contributed by atoms with Gasteiger partial charge in [-0.05, 0) is 0 Å². The molecule has 0 spiro atoms. The van der Waals surface area contributed by atoms with E-state index in [1.807, 2.05) is 0 Å². The highest BCUT2D eigenvalue weighted by molar-refractivity contribution is 7.92. The predicted octanol–water partition coefficient (Wildman–Crippen LogP) is -2.29. The van der Waals surface area contributed by atoms with Gasteiger partial charge in [-0.15, -0.1) is 0 Å². The Labute approximate surface area is 80.9 Å². The van der Waals surface area contributed by atoms with Crippen molar-refractivity contribution < 1.29 is 30.4 Å². The minimum atomic E-state index is -4.66. The van der Waals surface area contributed by atoms with Crippen molar-refractivity contribution in [2.24, 2.45) is 5.73 Å². The minimum Gasteiger partial charge on any atom is -0.369 e. The molecule has 0 unspecified atom stereocenters. The first-order valence-corrected chi connectivity index (χ1v) is 6.41. The van der Waals surface area contributed by atoms with Crippen molar-refractivity contribution >= 4 is 26.1 Å². The van der Waals surface area contributed by atoms with Gasteiger partial charge in [0.25, 0.3) is 0 Å². The second kappa shape index (κ2) is 4.68. The van der Waals surface area contributed by atoms with Crippen LogP contribution in [-0.4, -0.2) is 45.4 Å². The third kappa shape index (κ3) is 7.91. The maximum Gasteiger partial charge on any atom is 0.397 e. The molecule has 0 aromatic heterocycles. The number of carbonyl (C=O) groups excluding carboxylic acids is 1. The number of sulfone groups is 1. The molecule has 0 atom stereocenters. The lowest BCUT2D eigenvalue weighted by Crippen LogP contribution is -2.27. The summed E-state index contributed by atoms with van der Waals surface area (Å²) in [6.07, 6.45) is 0. The maximum atomic E-state index is 10.9. The summed E-state index contributed by atoms with van der Waals surface area (Å²) >= 11 is 0. The van der Waals surface area contributed by atoms with Crippen LogP contribution >= 0.6 is 0 Å². The minimum absolute atomic E-state index is 0.713. The van der Waals surface area contributed by atoms with Gasteiger partial charge < -0.3 is 5.73 Å². The van der Waals surface area contributed by atoms with Crippen molar-refractivity contribution in [1.82, 2.24) is 0 Å². The third-order valence-corrected chi connectivity index (χ3v) is 2.97. The van der Waals surface area contributed by atoms with Gasteiger partial charge >= 0.3 is 10.4 Å². The number of hydrogen-bond acceptors (Lipinski definition) is 6. The van der Waals surface area contributed by atoms with Crippen LogP contribution in [0.15, 0.2) is 0 Å². The Kier molecular flexibility index (Phi) is 4.45. The number of primary amides is 1. The van der Waals surface area contributed by atoms with E-state index in [-0.39, 0.29) is 0 Å². The van der Waals surface area contributed by atoms with Crippen molar-refractivity contribution in [2.45, 2.75) is 0 Å². The molecule has 1 amide bonds. The normalized spacial score (nSPS) is 12.6. The Hall–Kier alpha value is -0.710. The van der Waals surface area contributed by atoms with Crippen LogP contribution in [0.4, 0.5) is 0 Å². The Morgan fingerprint density at radius 3 is 2.14 bits per heavy atom. The van der Waals surface area contributed by atoms with E-state index in [2.05, 4.69) is 9.92 Å². The number of amides is 1. The summed E-state index contributed by atoms with van der Waals surface area (Å²) < 4.78 is 53.5. The molecule has 0 aromatic rings. The lowest BCUT2D eigenvalue weighted by atomic mass is 10.8. The Bertz CT molecular complexity index is 393. The van der Waals surface area contributed by atoms with Gasteiger partial charge in [-0.2, -0.15) is 8.42 Å². The van der Waals surface area contributed by atoms with Gasteiger partial charge in [0.15, 0.2) is 9.84 Å². The van der Waals surface area contributed by atoms with E-state index in [0.29, 0.717) is 0 Å². The third-order valence-electron chi connectivity index (χ3n) is 0.989. The molecule has 0 rings (SSSR count). The van der Waals surface area contributed by atoms with Crippen LogP contribution in [0.2, 0.25) is 0 Å². The number of hydrogen-bond donors (Lipinski definition) is 2. The molecule has 0 saturated heterocycles. The largest absolute Gasteiger partial charge is 0.397 e. The van der Waals surface area contributed by atoms with Crippen molar-refractivity contribution in [2.75, 3.05) is 18.1 Å². The first-order valence-electron chi connectivity index (χ1n) is 3.23. The Morgan fingerprint density at radius 2 is 1.79 bits per heavy atom. The molecule has 0 saturated carbocycles. The zero-order valence-electron chi connectivity index (χ0n) is 6.91. The highest BCUT2D eigenvalue weighted by atomic mass is 32.3. The van der Waals surface area contributed by atoms with Crippen LogP contribution in [0.25, 0.3) is 0 Å². The van der Waals surface area contributed by atoms with E-state index in [1.54, 1.807) is 0 Å². The molecule has 0 aliphatic rings. The van der Waals surface area contributed by atoms with Gasteiger partial charge in [-0.25, -0.2) is 12.6 Å². The van der Waals surface area contributed by atoms with E-state index in [1.165, 1.54) is 0 Å². The van der Waals surface area contributed by atoms with Gasteiger partial charge in [0.05, 0.1) is 12.4 Å². The van der Waals surface area contributed by atoms with Gasteiger partial charge in [0.2, 0.25) is 5.91 Å². The molecule has 10 heteroatoms. The number of nitrogens with two attached hydrogens (primary N) is 1. The highest BCUT2D eigenvalue weighted by Gasteiger charge is 2.16. The lowest BCUT2D eigenvalue weighted by molar-refractivity contribution is -0.115. The van der Waals surface area contributed by atoms with Gasteiger partial charge in [-0.3, -0.25) is 9.35 Å². The Balaban J connectivity index is 4.08. The second-order valence-corrected chi connectivity index (χ2v) is 5.58. The van der Waals surface area contributed by atoms with Crippen molar-refractivity contribution in [3.8, 4) is 0 Å². The summed E-state index contributed by atoms with van der Waals surface area (Å²) in [7, 11) is -8.43. The van der Waals surface area contributed by atoms with Crippen LogP contribution < -0.4 is 5.73 Å².